The SMILES string of the molecule is CCCCCCCC1OCCC1C(=O)O. The normalized spacial score (nSPS) is 25.7. The van der Waals surface area contributed by atoms with Crippen LogP contribution in [0.3, 0.4) is 0 Å². The lowest BCUT2D eigenvalue weighted by Crippen LogP contribution is -2.23. The highest BCUT2D eigenvalue weighted by Crippen LogP contribution is 2.25. The Balaban J connectivity index is 2.12. The van der Waals surface area contributed by atoms with Crippen molar-refractivity contribution in [2.75, 3.05) is 6.61 Å². The van der Waals surface area contributed by atoms with Crippen molar-refractivity contribution in [2.24, 2.45) is 5.92 Å². The van der Waals surface area contributed by atoms with Crippen molar-refractivity contribution >= 4 is 5.97 Å². The van der Waals surface area contributed by atoms with Gasteiger partial charge in [-0.25, -0.2) is 0 Å². The number of hydrogen-bond acceptors (Lipinski definition) is 2. The van der Waals surface area contributed by atoms with Gasteiger partial charge in [-0.1, -0.05) is 39.0 Å². The molecule has 0 aromatic heterocycles. The zero-order valence-corrected chi connectivity index (χ0v) is 9.58. The molecule has 0 spiro atoms. The van der Waals surface area contributed by atoms with Gasteiger partial charge in [0.25, 0.3) is 0 Å². The molecule has 3 nitrogen and oxygen atoms in total. The summed E-state index contributed by atoms with van der Waals surface area (Å²) in [5.41, 5.74) is 0. The maximum absolute atomic E-state index is 10.9. The number of carboxylic acid groups (broad SMARTS) is 1. The standard InChI is InChI=1S/C12H22O3/c1-2-3-4-5-6-7-11-10(12(13)14)8-9-15-11/h10-11H,2-9H2,1H3,(H,13,14). The van der Waals surface area contributed by atoms with Gasteiger partial charge in [0.05, 0.1) is 12.0 Å². The van der Waals surface area contributed by atoms with E-state index in [-0.39, 0.29) is 12.0 Å². The fourth-order valence-corrected chi connectivity index (χ4v) is 2.16. The quantitative estimate of drug-likeness (QED) is 0.663. The van der Waals surface area contributed by atoms with Crippen LogP contribution in [0.4, 0.5) is 0 Å². The third-order valence-electron chi connectivity index (χ3n) is 3.12. The number of carbonyl (C=O) groups is 1. The summed E-state index contributed by atoms with van der Waals surface area (Å²) in [5.74, 6) is -0.942. The average molecular weight is 214 g/mol. The summed E-state index contributed by atoms with van der Waals surface area (Å²) in [5, 5.41) is 8.94. The smallest absolute Gasteiger partial charge is 0.309 e. The van der Waals surface area contributed by atoms with Gasteiger partial charge in [0, 0.05) is 6.61 Å². The lowest BCUT2D eigenvalue weighted by Gasteiger charge is -2.14. The van der Waals surface area contributed by atoms with Gasteiger partial charge < -0.3 is 9.84 Å². The molecule has 3 heteroatoms. The minimum absolute atomic E-state index is 0.0240. The van der Waals surface area contributed by atoms with Crippen LogP contribution in [-0.2, 0) is 9.53 Å². The van der Waals surface area contributed by atoms with E-state index in [1.165, 1.54) is 25.7 Å². The molecule has 0 bridgehead atoms. The van der Waals surface area contributed by atoms with Crippen LogP contribution in [0.25, 0.3) is 0 Å². The zero-order valence-electron chi connectivity index (χ0n) is 9.58. The number of unbranched alkanes of at least 4 members (excludes halogenated alkanes) is 4. The second-order valence-electron chi connectivity index (χ2n) is 4.35. The highest BCUT2D eigenvalue weighted by molar-refractivity contribution is 5.71. The van der Waals surface area contributed by atoms with Crippen molar-refractivity contribution in [3.05, 3.63) is 0 Å². The Morgan fingerprint density at radius 1 is 1.33 bits per heavy atom. The summed E-state index contributed by atoms with van der Waals surface area (Å²) >= 11 is 0. The second-order valence-corrected chi connectivity index (χ2v) is 4.35. The molecule has 1 saturated heterocycles. The van der Waals surface area contributed by atoms with Crippen LogP contribution in [0.1, 0.15) is 51.9 Å². The Hall–Kier alpha value is -0.570. The fraction of sp³-hybridized carbons (Fsp3) is 0.917. The third kappa shape index (κ3) is 4.20. The van der Waals surface area contributed by atoms with Crippen LogP contribution >= 0.6 is 0 Å². The molecule has 0 saturated carbocycles. The molecule has 0 radical (unpaired) electrons. The lowest BCUT2D eigenvalue weighted by atomic mass is 9.97. The van der Waals surface area contributed by atoms with Crippen molar-refractivity contribution in [1.29, 1.82) is 0 Å². The monoisotopic (exact) mass is 214 g/mol. The van der Waals surface area contributed by atoms with Crippen LogP contribution in [0.5, 0.6) is 0 Å². The molecule has 1 aliphatic rings. The summed E-state index contributed by atoms with van der Waals surface area (Å²) in [6.45, 7) is 2.82. The molecule has 0 amide bonds. The van der Waals surface area contributed by atoms with Gasteiger partial charge in [-0.2, -0.15) is 0 Å². The molecular weight excluding hydrogens is 192 g/mol. The molecule has 1 rings (SSSR count). The van der Waals surface area contributed by atoms with E-state index in [9.17, 15) is 4.79 Å². The molecular formula is C12H22O3. The Labute approximate surface area is 91.8 Å². The highest BCUT2D eigenvalue weighted by Gasteiger charge is 2.33. The first-order valence-electron chi connectivity index (χ1n) is 6.10. The van der Waals surface area contributed by atoms with Gasteiger partial charge in [-0.15, -0.1) is 0 Å². The summed E-state index contributed by atoms with van der Waals surface area (Å²) in [6, 6.07) is 0. The zero-order chi connectivity index (χ0) is 11.1. The molecule has 1 fully saturated rings. The molecule has 88 valence electrons. The Morgan fingerprint density at radius 3 is 2.73 bits per heavy atom. The first-order chi connectivity index (χ1) is 7.25. The van der Waals surface area contributed by atoms with Crippen molar-refractivity contribution in [3.63, 3.8) is 0 Å². The predicted molar refractivity (Wildman–Crippen MR) is 58.9 cm³/mol. The maximum atomic E-state index is 10.9. The summed E-state index contributed by atoms with van der Waals surface area (Å²) in [6.07, 6.45) is 7.69. The summed E-state index contributed by atoms with van der Waals surface area (Å²) in [4.78, 5) is 10.9. The minimum atomic E-state index is -0.689. The van der Waals surface area contributed by atoms with Crippen LogP contribution in [-0.4, -0.2) is 23.8 Å². The van der Waals surface area contributed by atoms with Crippen molar-refractivity contribution in [1.82, 2.24) is 0 Å². The van der Waals surface area contributed by atoms with Gasteiger partial charge in [0.1, 0.15) is 0 Å². The van der Waals surface area contributed by atoms with Crippen LogP contribution in [0.2, 0.25) is 0 Å². The Morgan fingerprint density at radius 2 is 2.07 bits per heavy atom. The molecule has 1 heterocycles. The minimum Gasteiger partial charge on any atom is -0.481 e. The van der Waals surface area contributed by atoms with Gasteiger partial charge in [-0.3, -0.25) is 4.79 Å². The highest BCUT2D eigenvalue weighted by atomic mass is 16.5. The summed E-state index contributed by atoms with van der Waals surface area (Å²) < 4.78 is 5.45. The Bertz CT molecular complexity index is 191. The van der Waals surface area contributed by atoms with Gasteiger partial charge >= 0.3 is 5.97 Å². The molecule has 0 aliphatic carbocycles. The van der Waals surface area contributed by atoms with E-state index < -0.39 is 5.97 Å². The van der Waals surface area contributed by atoms with Crippen molar-refractivity contribution in [2.45, 2.75) is 58.0 Å². The number of carboxylic acids is 1. The lowest BCUT2D eigenvalue weighted by molar-refractivity contribution is -0.143. The maximum Gasteiger partial charge on any atom is 0.309 e. The predicted octanol–water partition coefficient (Wildman–Crippen LogP) is 2.84. The number of hydrogen-bond donors (Lipinski definition) is 1. The van der Waals surface area contributed by atoms with Crippen molar-refractivity contribution < 1.29 is 14.6 Å². The van der Waals surface area contributed by atoms with Crippen LogP contribution in [0, 0.1) is 5.92 Å². The molecule has 1 N–H and O–H groups in total. The molecule has 0 aromatic rings. The number of aliphatic carboxylic acids is 1. The molecule has 1 aliphatic heterocycles. The topological polar surface area (TPSA) is 46.5 Å². The van der Waals surface area contributed by atoms with E-state index in [1.54, 1.807) is 0 Å². The molecule has 15 heavy (non-hydrogen) atoms. The largest absolute Gasteiger partial charge is 0.481 e. The van der Waals surface area contributed by atoms with Crippen molar-refractivity contribution in [3.8, 4) is 0 Å². The first kappa shape index (κ1) is 12.5. The summed E-state index contributed by atoms with van der Waals surface area (Å²) in [7, 11) is 0. The van der Waals surface area contributed by atoms with Crippen LogP contribution < -0.4 is 0 Å². The van der Waals surface area contributed by atoms with E-state index >= 15 is 0 Å². The van der Waals surface area contributed by atoms with E-state index in [0.717, 1.165) is 12.8 Å². The van der Waals surface area contributed by atoms with E-state index in [1.807, 2.05) is 0 Å². The first-order valence-corrected chi connectivity index (χ1v) is 6.10. The molecule has 0 aromatic carbocycles. The average Bonchev–Trinajstić information content (AvgIpc) is 2.66. The molecule has 2 unspecified atom stereocenters. The third-order valence-corrected chi connectivity index (χ3v) is 3.12. The van der Waals surface area contributed by atoms with Crippen LogP contribution in [0.15, 0.2) is 0 Å². The van der Waals surface area contributed by atoms with Gasteiger partial charge in [-0.05, 0) is 12.8 Å². The van der Waals surface area contributed by atoms with E-state index in [0.29, 0.717) is 13.0 Å². The second kappa shape index (κ2) is 6.83. The Kier molecular flexibility index (Phi) is 5.69. The van der Waals surface area contributed by atoms with Gasteiger partial charge in [0.15, 0.2) is 0 Å². The number of rotatable bonds is 7. The van der Waals surface area contributed by atoms with Gasteiger partial charge in [0.2, 0.25) is 0 Å². The number of ether oxygens (including phenoxy) is 1. The molecule has 2 atom stereocenters. The van der Waals surface area contributed by atoms with E-state index in [4.69, 9.17) is 9.84 Å². The van der Waals surface area contributed by atoms with E-state index in [2.05, 4.69) is 6.92 Å². The fourth-order valence-electron chi connectivity index (χ4n) is 2.16.